The number of hydrogen-bond acceptors (Lipinski definition) is 4. The van der Waals surface area contributed by atoms with Crippen LogP contribution in [0.4, 0.5) is 0 Å². The van der Waals surface area contributed by atoms with E-state index in [9.17, 15) is 0 Å². The number of nitrogens with zero attached hydrogens (tertiary/aromatic N) is 1. The first-order valence-electron chi connectivity index (χ1n) is 1.15. The van der Waals surface area contributed by atoms with Crippen molar-refractivity contribution in [3.8, 4) is 6.19 Å². The molecule has 0 unspecified atom stereocenters. The van der Waals surface area contributed by atoms with Gasteiger partial charge in [0.05, 0.1) is 0 Å². The summed E-state index contributed by atoms with van der Waals surface area (Å²) in [7, 11) is 0. The Balaban J connectivity index is 2.72. The summed E-state index contributed by atoms with van der Waals surface area (Å²) in [4.78, 5) is 12.8. The zero-order valence-electron chi connectivity index (χ0n) is 2.84. The summed E-state index contributed by atoms with van der Waals surface area (Å²) in [5, 5.41) is 7.55. The van der Waals surface area contributed by atoms with Crippen LogP contribution < -0.4 is 5.48 Å². The molecule has 0 bridgehead atoms. The summed E-state index contributed by atoms with van der Waals surface area (Å²) in [5.41, 5.74) is 1.64. The number of nitrogens with one attached hydrogen (secondary N) is 1. The Kier molecular flexibility index (Phi) is 2.98. The molecular formula is C2H2N2O2. The zero-order chi connectivity index (χ0) is 4.83. The highest BCUT2D eigenvalue weighted by Crippen LogP contribution is 1.43. The molecule has 0 spiro atoms. The van der Waals surface area contributed by atoms with Gasteiger partial charge in [0.1, 0.15) is 0 Å². The lowest BCUT2D eigenvalue weighted by atomic mass is 11.4. The summed E-state index contributed by atoms with van der Waals surface area (Å²) >= 11 is 0. The number of carbonyl (C=O) groups is 1. The molecule has 0 saturated carbocycles. The molecule has 0 radical (unpaired) electrons. The first-order chi connectivity index (χ1) is 2.91. The third-order valence-electron chi connectivity index (χ3n) is 0.153. The van der Waals surface area contributed by atoms with Gasteiger partial charge < -0.3 is 4.84 Å². The van der Waals surface area contributed by atoms with Crippen molar-refractivity contribution in [2.24, 2.45) is 0 Å². The Labute approximate surface area is 34.3 Å². The van der Waals surface area contributed by atoms with E-state index in [1.54, 1.807) is 5.48 Å². The molecule has 0 heterocycles. The Morgan fingerprint density at radius 3 is 2.83 bits per heavy atom. The maximum atomic E-state index is 9.13. The van der Waals surface area contributed by atoms with Gasteiger partial charge in [0, 0.05) is 0 Å². The SMILES string of the molecule is N#CNOC=O. The summed E-state index contributed by atoms with van der Waals surface area (Å²) in [5.74, 6) is 0. The van der Waals surface area contributed by atoms with Crippen molar-refractivity contribution in [3.63, 3.8) is 0 Å². The monoisotopic (exact) mass is 86.0 g/mol. The highest BCUT2D eigenvalue weighted by Gasteiger charge is 1.64. The fourth-order valence-corrected chi connectivity index (χ4v) is 0.0504. The van der Waals surface area contributed by atoms with Crippen LogP contribution in [-0.2, 0) is 9.63 Å². The average molecular weight is 86.0 g/mol. The molecule has 32 valence electrons. The molecule has 4 nitrogen and oxygen atoms in total. The highest BCUT2D eigenvalue weighted by molar-refractivity contribution is 5.36. The number of carbonyl (C=O) groups excluding carboxylic acids is 1. The zero-order valence-corrected chi connectivity index (χ0v) is 2.84. The molecule has 4 heteroatoms. The first-order valence-corrected chi connectivity index (χ1v) is 1.15. The lowest BCUT2D eigenvalue weighted by Gasteiger charge is -1.80. The Bertz CT molecular complexity index is 74.1. The van der Waals surface area contributed by atoms with Gasteiger partial charge in [0.15, 0.2) is 0 Å². The van der Waals surface area contributed by atoms with Crippen molar-refractivity contribution in [1.29, 1.82) is 5.26 Å². The van der Waals surface area contributed by atoms with Gasteiger partial charge in [-0.15, -0.1) is 0 Å². The van der Waals surface area contributed by atoms with Crippen LogP contribution in [0, 0.1) is 11.5 Å². The van der Waals surface area contributed by atoms with E-state index in [1.165, 1.54) is 6.19 Å². The summed E-state index contributed by atoms with van der Waals surface area (Å²) in [6, 6.07) is 0. The van der Waals surface area contributed by atoms with Crippen LogP contribution in [0.1, 0.15) is 0 Å². The van der Waals surface area contributed by atoms with Gasteiger partial charge in [0.25, 0.3) is 0 Å². The van der Waals surface area contributed by atoms with Gasteiger partial charge in [0.2, 0.25) is 6.19 Å². The number of hydrogen-bond donors (Lipinski definition) is 1. The van der Waals surface area contributed by atoms with Crippen molar-refractivity contribution in [2.45, 2.75) is 0 Å². The molecule has 0 fully saturated rings. The number of rotatable bonds is 2. The van der Waals surface area contributed by atoms with Gasteiger partial charge in [-0.1, -0.05) is 0 Å². The predicted molar refractivity (Wildman–Crippen MR) is 15.9 cm³/mol. The fourth-order valence-electron chi connectivity index (χ4n) is 0.0504. The minimum atomic E-state index is 0.128. The maximum absolute atomic E-state index is 9.13. The van der Waals surface area contributed by atoms with E-state index in [4.69, 9.17) is 10.1 Å². The van der Waals surface area contributed by atoms with Crippen LogP contribution in [0.25, 0.3) is 0 Å². The third kappa shape index (κ3) is 2.76. The van der Waals surface area contributed by atoms with Crippen molar-refractivity contribution >= 4 is 6.47 Å². The summed E-state index contributed by atoms with van der Waals surface area (Å²) < 4.78 is 0. The normalized spacial score (nSPS) is 5.17. The van der Waals surface area contributed by atoms with Crippen molar-refractivity contribution < 1.29 is 9.63 Å². The van der Waals surface area contributed by atoms with Crippen molar-refractivity contribution in [3.05, 3.63) is 0 Å². The second-order valence-corrected chi connectivity index (χ2v) is 0.428. The molecular weight excluding hydrogens is 84.0 g/mol. The smallest absolute Gasteiger partial charge is 0.321 e. The molecule has 0 aliphatic rings. The molecule has 0 aliphatic carbocycles. The van der Waals surface area contributed by atoms with E-state index < -0.39 is 0 Å². The summed E-state index contributed by atoms with van der Waals surface area (Å²) in [6.45, 7) is 0.128. The lowest BCUT2D eigenvalue weighted by Crippen LogP contribution is -2.03. The molecule has 1 N–H and O–H groups in total. The van der Waals surface area contributed by atoms with Crippen LogP contribution in [0.5, 0.6) is 0 Å². The largest absolute Gasteiger partial charge is 0.337 e. The van der Waals surface area contributed by atoms with Gasteiger partial charge in [-0.25, -0.2) is 0 Å². The minimum Gasteiger partial charge on any atom is -0.337 e. The predicted octanol–water partition coefficient (Wildman–Crippen LogP) is -0.855. The minimum absolute atomic E-state index is 0.128. The Morgan fingerprint density at radius 2 is 2.67 bits per heavy atom. The van der Waals surface area contributed by atoms with E-state index in [1.807, 2.05) is 0 Å². The molecule has 0 amide bonds. The molecule has 0 atom stereocenters. The van der Waals surface area contributed by atoms with Crippen LogP contribution in [0.2, 0.25) is 0 Å². The number of hydroxylamine groups is 1. The van der Waals surface area contributed by atoms with E-state index >= 15 is 0 Å². The van der Waals surface area contributed by atoms with E-state index in [-0.39, 0.29) is 6.47 Å². The van der Waals surface area contributed by atoms with Crippen LogP contribution in [-0.4, -0.2) is 6.47 Å². The molecule has 0 aliphatic heterocycles. The second kappa shape index (κ2) is 3.76. The van der Waals surface area contributed by atoms with Gasteiger partial charge in [-0.3, -0.25) is 4.79 Å². The van der Waals surface area contributed by atoms with E-state index in [0.717, 1.165) is 0 Å². The topological polar surface area (TPSA) is 62.1 Å². The molecule has 0 aromatic heterocycles. The van der Waals surface area contributed by atoms with Crippen molar-refractivity contribution in [1.82, 2.24) is 5.48 Å². The van der Waals surface area contributed by atoms with Crippen LogP contribution in [0.15, 0.2) is 0 Å². The van der Waals surface area contributed by atoms with Crippen LogP contribution in [0.3, 0.4) is 0 Å². The Morgan fingerprint density at radius 1 is 2.00 bits per heavy atom. The van der Waals surface area contributed by atoms with Gasteiger partial charge >= 0.3 is 6.47 Å². The van der Waals surface area contributed by atoms with Crippen LogP contribution >= 0.6 is 0 Å². The molecule has 0 aromatic carbocycles. The summed E-state index contributed by atoms with van der Waals surface area (Å²) in [6.07, 6.45) is 1.37. The van der Waals surface area contributed by atoms with Gasteiger partial charge in [-0.05, 0) is 0 Å². The number of nitriles is 1. The third-order valence-corrected chi connectivity index (χ3v) is 0.153. The van der Waals surface area contributed by atoms with Gasteiger partial charge in [-0.2, -0.15) is 10.7 Å². The van der Waals surface area contributed by atoms with Crippen molar-refractivity contribution in [2.75, 3.05) is 0 Å². The molecule has 0 aromatic rings. The highest BCUT2D eigenvalue weighted by atomic mass is 16.7. The maximum Gasteiger partial charge on any atom is 0.321 e. The molecule has 0 saturated heterocycles. The molecule has 6 heavy (non-hydrogen) atoms. The fraction of sp³-hybridized carbons (Fsp3) is 0. The average Bonchev–Trinajstić information content (AvgIpc) is 1.61. The quantitative estimate of drug-likeness (QED) is 0.156. The first kappa shape index (κ1) is 4.76. The standard InChI is InChI=1S/C2H2N2O2/c3-1-4-6-2-5/h2,4H. The second-order valence-electron chi connectivity index (χ2n) is 0.428. The van der Waals surface area contributed by atoms with E-state index in [0.29, 0.717) is 0 Å². The van der Waals surface area contributed by atoms with E-state index in [2.05, 4.69) is 4.84 Å². The lowest BCUT2D eigenvalue weighted by molar-refractivity contribution is -0.132. The molecule has 0 rings (SSSR count). The Hall–Kier alpha value is -1.24.